The number of pyridine rings is 1. The zero-order chi connectivity index (χ0) is 20.0. The quantitative estimate of drug-likeness (QED) is 0.547. The number of halogens is 1. The molecule has 0 atom stereocenters. The van der Waals surface area contributed by atoms with Crippen molar-refractivity contribution in [3.05, 3.63) is 70.8 Å². The van der Waals surface area contributed by atoms with Crippen LogP contribution in [-0.4, -0.2) is 35.3 Å². The van der Waals surface area contributed by atoms with Gasteiger partial charge in [-0.15, -0.1) is 0 Å². The van der Waals surface area contributed by atoms with E-state index in [2.05, 4.69) is 16.9 Å². The van der Waals surface area contributed by atoms with Gasteiger partial charge < -0.3 is 15.2 Å². The average Bonchev–Trinajstić information content (AvgIpc) is 2.63. The second-order valence-electron chi connectivity index (χ2n) is 6.65. The summed E-state index contributed by atoms with van der Waals surface area (Å²) >= 11 is 0. The fourth-order valence-electron chi connectivity index (χ4n) is 2.55. The van der Waals surface area contributed by atoms with Crippen LogP contribution in [0.15, 0.2) is 42.6 Å². The summed E-state index contributed by atoms with van der Waals surface area (Å²) in [6.07, 6.45) is 1.93. The third kappa shape index (κ3) is 5.62. The van der Waals surface area contributed by atoms with E-state index in [1.165, 1.54) is 12.1 Å². The molecule has 0 spiro atoms. The van der Waals surface area contributed by atoms with Crippen molar-refractivity contribution in [1.82, 2.24) is 4.98 Å². The summed E-state index contributed by atoms with van der Waals surface area (Å²) in [5.41, 5.74) is 4.01. The predicted octanol–water partition coefficient (Wildman–Crippen LogP) is 3.65. The Morgan fingerprint density at radius 3 is 2.59 bits per heavy atom. The van der Waals surface area contributed by atoms with Crippen molar-refractivity contribution in [2.24, 2.45) is 0 Å². The number of anilines is 1. The van der Waals surface area contributed by atoms with Crippen molar-refractivity contribution >= 4 is 11.7 Å². The van der Waals surface area contributed by atoms with Gasteiger partial charge in [-0.3, -0.25) is 0 Å². The number of rotatable bonds is 8. The number of hydrogen-bond acceptors (Lipinski definition) is 5. The van der Waals surface area contributed by atoms with Gasteiger partial charge in [0.2, 0.25) is 0 Å². The number of aliphatic hydroxyl groups is 1. The van der Waals surface area contributed by atoms with Crippen LogP contribution in [0, 0.1) is 12.7 Å². The lowest BCUT2D eigenvalue weighted by molar-refractivity contribution is 0.0372. The van der Waals surface area contributed by atoms with Crippen molar-refractivity contribution < 1.29 is 19.0 Å². The maximum Gasteiger partial charge on any atom is 0.359 e. The maximum absolute atomic E-state index is 13.1. The number of ether oxygens (including phenoxy) is 1. The summed E-state index contributed by atoms with van der Waals surface area (Å²) in [6, 6.07) is 6.26. The van der Waals surface area contributed by atoms with Gasteiger partial charge in [0.05, 0.1) is 18.4 Å². The molecule has 0 unspecified atom stereocenters. The van der Waals surface area contributed by atoms with E-state index in [1.807, 2.05) is 6.92 Å². The topological polar surface area (TPSA) is 71.5 Å². The van der Waals surface area contributed by atoms with E-state index >= 15 is 0 Å². The highest BCUT2D eigenvalue weighted by molar-refractivity contribution is 5.94. The maximum atomic E-state index is 13.1. The molecule has 1 aromatic heterocycles. The molecule has 0 saturated carbocycles. The summed E-state index contributed by atoms with van der Waals surface area (Å²) in [5, 5.41) is 12.3. The summed E-state index contributed by atoms with van der Waals surface area (Å²) in [7, 11) is 0. The van der Waals surface area contributed by atoms with Crippen LogP contribution in [0.2, 0.25) is 0 Å². The number of carbonyl (C=O) groups excluding carboxylic acids is 1. The van der Waals surface area contributed by atoms with Gasteiger partial charge in [-0.05, 0) is 61.6 Å². The molecular formula is C21H25FN2O3. The third-order valence-corrected chi connectivity index (χ3v) is 4.03. The molecule has 2 rings (SSSR count). The lowest BCUT2D eigenvalue weighted by Gasteiger charge is -2.18. The molecule has 1 heterocycles. The van der Waals surface area contributed by atoms with Crippen molar-refractivity contribution in [2.45, 2.75) is 33.3 Å². The molecule has 0 aliphatic heterocycles. The Labute approximate surface area is 158 Å². The van der Waals surface area contributed by atoms with E-state index in [-0.39, 0.29) is 24.2 Å². The number of nitrogens with one attached hydrogen (secondary N) is 1. The SMILES string of the molecule is C=C(CO)CNc1c(C(=O)OC(C)C)ncc(Cc2ccc(F)cc2)c1C. The van der Waals surface area contributed by atoms with E-state index in [9.17, 15) is 14.3 Å². The van der Waals surface area contributed by atoms with Crippen LogP contribution in [0.1, 0.15) is 41.0 Å². The molecule has 0 radical (unpaired) electrons. The molecule has 27 heavy (non-hydrogen) atoms. The first-order valence-electron chi connectivity index (χ1n) is 8.77. The number of benzene rings is 1. The Kier molecular flexibility index (Phi) is 7.07. The number of esters is 1. The molecule has 5 nitrogen and oxygen atoms in total. The van der Waals surface area contributed by atoms with Gasteiger partial charge in [0.15, 0.2) is 5.69 Å². The Balaban J connectivity index is 2.37. The minimum atomic E-state index is -0.515. The second kappa shape index (κ2) is 9.28. The molecule has 2 N–H and O–H groups in total. The highest BCUT2D eigenvalue weighted by Crippen LogP contribution is 2.25. The van der Waals surface area contributed by atoms with Crippen LogP contribution in [0.5, 0.6) is 0 Å². The summed E-state index contributed by atoms with van der Waals surface area (Å²) < 4.78 is 18.4. The highest BCUT2D eigenvalue weighted by atomic mass is 19.1. The van der Waals surface area contributed by atoms with Crippen LogP contribution in [-0.2, 0) is 11.2 Å². The van der Waals surface area contributed by atoms with E-state index in [1.54, 1.807) is 32.2 Å². The molecule has 0 saturated heterocycles. The number of aliphatic hydroxyl groups excluding tert-OH is 1. The normalized spacial score (nSPS) is 10.7. The predicted molar refractivity (Wildman–Crippen MR) is 103 cm³/mol. The van der Waals surface area contributed by atoms with Crippen LogP contribution in [0.4, 0.5) is 10.1 Å². The highest BCUT2D eigenvalue weighted by Gasteiger charge is 2.20. The second-order valence-corrected chi connectivity index (χ2v) is 6.65. The Bertz CT molecular complexity index is 817. The minimum absolute atomic E-state index is 0.152. The monoisotopic (exact) mass is 372 g/mol. The first kappa shape index (κ1) is 20.6. The van der Waals surface area contributed by atoms with E-state index < -0.39 is 5.97 Å². The number of aromatic nitrogens is 1. The largest absolute Gasteiger partial charge is 0.458 e. The lowest BCUT2D eigenvalue weighted by atomic mass is 10.00. The molecule has 1 aromatic carbocycles. The molecule has 0 aliphatic rings. The summed E-state index contributed by atoms with van der Waals surface area (Å²) in [5.74, 6) is -0.802. The molecule has 2 aromatic rings. The average molecular weight is 372 g/mol. The fourth-order valence-corrected chi connectivity index (χ4v) is 2.55. The summed E-state index contributed by atoms with van der Waals surface area (Å²) in [6.45, 7) is 9.34. The van der Waals surface area contributed by atoms with Crippen molar-refractivity contribution in [3.63, 3.8) is 0 Å². The first-order valence-corrected chi connectivity index (χ1v) is 8.77. The van der Waals surface area contributed by atoms with E-state index in [0.717, 1.165) is 16.7 Å². The van der Waals surface area contributed by atoms with Gasteiger partial charge in [-0.25, -0.2) is 14.2 Å². The molecule has 0 bridgehead atoms. The van der Waals surface area contributed by atoms with Gasteiger partial charge in [0, 0.05) is 12.7 Å². The Morgan fingerprint density at radius 2 is 2.00 bits per heavy atom. The van der Waals surface area contributed by atoms with E-state index in [0.29, 0.717) is 24.2 Å². The van der Waals surface area contributed by atoms with Crippen molar-refractivity contribution in [3.8, 4) is 0 Å². The lowest BCUT2D eigenvalue weighted by Crippen LogP contribution is -2.18. The molecule has 0 aliphatic carbocycles. The third-order valence-electron chi connectivity index (χ3n) is 4.03. The number of hydrogen-bond donors (Lipinski definition) is 2. The van der Waals surface area contributed by atoms with E-state index in [4.69, 9.17) is 4.74 Å². The zero-order valence-corrected chi connectivity index (χ0v) is 15.9. The van der Waals surface area contributed by atoms with Gasteiger partial charge in [-0.1, -0.05) is 18.7 Å². The molecule has 144 valence electrons. The number of nitrogens with zero attached hydrogens (tertiary/aromatic N) is 1. The fraction of sp³-hybridized carbons (Fsp3) is 0.333. The molecule has 0 amide bonds. The minimum Gasteiger partial charge on any atom is -0.458 e. The Morgan fingerprint density at radius 1 is 1.33 bits per heavy atom. The van der Waals surface area contributed by atoms with Gasteiger partial charge in [0.1, 0.15) is 5.82 Å². The molecular weight excluding hydrogens is 347 g/mol. The van der Waals surface area contributed by atoms with Gasteiger partial charge in [-0.2, -0.15) is 0 Å². The smallest absolute Gasteiger partial charge is 0.359 e. The van der Waals surface area contributed by atoms with Crippen LogP contribution in [0.25, 0.3) is 0 Å². The number of carbonyl (C=O) groups is 1. The van der Waals surface area contributed by atoms with Crippen LogP contribution >= 0.6 is 0 Å². The van der Waals surface area contributed by atoms with Crippen LogP contribution < -0.4 is 5.32 Å². The Hall–Kier alpha value is -2.73. The zero-order valence-electron chi connectivity index (χ0n) is 15.9. The standard InChI is InChI=1S/C21H25FN2O3/c1-13(2)27-21(26)20-19(23-10-14(3)12-25)15(4)17(11-24-20)9-16-5-7-18(22)8-6-16/h5-8,11,13,23,25H,3,9-10,12H2,1-2,4H3. The van der Waals surface area contributed by atoms with Crippen molar-refractivity contribution in [2.75, 3.05) is 18.5 Å². The first-order chi connectivity index (χ1) is 12.8. The summed E-state index contributed by atoms with van der Waals surface area (Å²) in [4.78, 5) is 16.7. The van der Waals surface area contributed by atoms with Crippen molar-refractivity contribution in [1.29, 1.82) is 0 Å². The molecule has 6 heteroatoms. The van der Waals surface area contributed by atoms with Crippen LogP contribution in [0.3, 0.4) is 0 Å². The van der Waals surface area contributed by atoms with Gasteiger partial charge >= 0.3 is 5.97 Å². The van der Waals surface area contributed by atoms with Gasteiger partial charge in [0.25, 0.3) is 0 Å². The molecule has 0 fully saturated rings.